The van der Waals surface area contributed by atoms with E-state index in [9.17, 15) is 63.0 Å². The second-order valence-electron chi connectivity index (χ2n) is 23.2. The molecule has 0 aliphatic carbocycles. The van der Waals surface area contributed by atoms with Crippen LogP contribution in [0.1, 0.15) is 213 Å². The summed E-state index contributed by atoms with van der Waals surface area (Å²) in [6.45, 7) is 4.87. The highest BCUT2D eigenvalue weighted by atomic mass is 16.3. The van der Waals surface area contributed by atoms with Crippen molar-refractivity contribution in [1.29, 1.82) is 0 Å². The summed E-state index contributed by atoms with van der Waals surface area (Å²) in [6, 6.07) is 3.35. The number of aliphatic hydroxyl groups is 2. The number of unbranched alkanes of at least 4 members (excludes halogenated alkanes) is 14. The highest BCUT2D eigenvalue weighted by molar-refractivity contribution is 5.98. The highest BCUT2D eigenvalue weighted by Gasteiger charge is 2.35. The summed E-state index contributed by atoms with van der Waals surface area (Å²) in [4.78, 5) is 153. The Bertz CT molecular complexity index is 2290. The fourth-order valence-corrected chi connectivity index (χ4v) is 10.4. The van der Waals surface area contributed by atoms with Crippen LogP contribution in [0.15, 0.2) is 35.3 Å². The molecule has 0 unspecified atom stereocenters. The first-order valence-electron chi connectivity index (χ1n) is 31.3. The molecule has 85 heavy (non-hydrogen) atoms. The lowest BCUT2D eigenvalue weighted by atomic mass is 9.81. The molecule has 1 aromatic carbocycles. The van der Waals surface area contributed by atoms with Crippen LogP contribution in [0.5, 0.6) is 0 Å². The SMILES string of the molecule is CCCCCCCCCCCCCCCC(=O)CCCCC[C@H](N)C(=O)CCC(=O)N[C@H]1CNC(=O)CC[C@@H](C(=O)C[C@H](C(C)=O)[C@@H](C)O)CC(=O)[C@H]([C@@H](C)O)CC(=O)CNC(=O)[C@H](Cc2ccccc2)NC(=O)[C@H](CCCN=C(N)N)NC1=O. The van der Waals surface area contributed by atoms with Crippen LogP contribution < -0.4 is 43.8 Å². The average Bonchev–Trinajstić information content (AvgIpc) is 3.63. The van der Waals surface area contributed by atoms with Gasteiger partial charge in [0, 0.05) is 82.7 Å². The van der Waals surface area contributed by atoms with E-state index in [1.165, 1.54) is 85.0 Å². The van der Waals surface area contributed by atoms with Gasteiger partial charge in [0.05, 0.1) is 30.7 Å². The number of hydrogen-bond acceptors (Lipinski definition) is 15. The van der Waals surface area contributed by atoms with Crippen LogP contribution in [-0.2, 0) is 59.2 Å². The molecule has 1 fully saturated rings. The summed E-state index contributed by atoms with van der Waals surface area (Å²) >= 11 is 0. The fraction of sp³-hybridized carbons (Fsp3) is 0.714. The molecule has 1 aliphatic rings. The minimum Gasteiger partial charge on any atom is -0.393 e. The molecule has 1 heterocycles. The van der Waals surface area contributed by atoms with Crippen molar-refractivity contribution < 1.29 is 63.0 Å². The average molecular weight is 1190 g/mol. The zero-order chi connectivity index (χ0) is 63.1. The van der Waals surface area contributed by atoms with Crippen LogP contribution in [0.25, 0.3) is 0 Å². The first kappa shape index (κ1) is 74.8. The minimum absolute atomic E-state index is 0.0253. The van der Waals surface area contributed by atoms with E-state index in [0.29, 0.717) is 44.1 Å². The molecule has 0 bridgehead atoms. The van der Waals surface area contributed by atoms with Gasteiger partial charge in [-0.3, -0.25) is 57.7 Å². The first-order chi connectivity index (χ1) is 40.5. The second-order valence-corrected chi connectivity index (χ2v) is 23.2. The minimum atomic E-state index is -1.59. The summed E-state index contributed by atoms with van der Waals surface area (Å²) in [7, 11) is 0. The molecule has 22 heteroatoms. The van der Waals surface area contributed by atoms with E-state index in [0.717, 1.165) is 19.3 Å². The Hall–Kier alpha value is -6.26. The lowest BCUT2D eigenvalue weighted by Crippen LogP contribution is -2.59. The van der Waals surface area contributed by atoms with E-state index < -0.39 is 158 Å². The largest absolute Gasteiger partial charge is 0.393 e. The number of hydrogen-bond donors (Lipinski definition) is 10. The van der Waals surface area contributed by atoms with Crippen molar-refractivity contribution in [3.63, 3.8) is 0 Å². The van der Waals surface area contributed by atoms with E-state index in [-0.39, 0.29) is 50.4 Å². The Balaban J connectivity index is 2.27. The van der Waals surface area contributed by atoms with E-state index >= 15 is 0 Å². The van der Waals surface area contributed by atoms with Gasteiger partial charge in [0.1, 0.15) is 47.0 Å². The van der Waals surface area contributed by atoms with Gasteiger partial charge in [-0.1, -0.05) is 127 Å². The summed E-state index contributed by atoms with van der Waals surface area (Å²) < 4.78 is 0. The van der Waals surface area contributed by atoms with Crippen molar-refractivity contribution in [3.8, 4) is 0 Å². The zero-order valence-corrected chi connectivity index (χ0v) is 51.3. The van der Waals surface area contributed by atoms with Crippen LogP contribution in [0.2, 0.25) is 0 Å². The van der Waals surface area contributed by atoms with Gasteiger partial charge in [-0.15, -0.1) is 0 Å². The molecule has 0 spiro atoms. The number of benzene rings is 1. The molecule has 0 radical (unpaired) electrons. The van der Waals surface area contributed by atoms with Crippen molar-refractivity contribution in [2.45, 2.75) is 250 Å². The fourth-order valence-electron chi connectivity index (χ4n) is 10.4. The standard InChI is InChI=1S/C63H103N9O13/c1-5-6-7-8-9-10-11-12-13-14-15-16-21-27-47(76)28-22-18-23-29-51(64)55(78)32-34-59(82)70-54-41-68-58(81)33-31-46(56(79)39-49(42(2)73)43(3)74)37-57(80)50(44(4)75)38-48(77)40-69-60(83)53(36-45-25-19-17-20-26-45)72-61(84)52(71-62(54)85)30-24-35-67-63(65)66/h17,19-20,25-26,42,44,46,49-54,73,75H,5-16,18,21-24,27-41,64H2,1-4H3,(H,68,81)(H,69,83)(H,70,82)(H,71,85)(H,72,84)(H4,65,66,67)/t42-,44-,46-,49+,50+,51+,52+,53+,54+/m1/s1. The van der Waals surface area contributed by atoms with Crippen molar-refractivity contribution in [2.24, 2.45) is 39.9 Å². The molecule has 0 saturated carbocycles. The number of carbonyl (C=O) groups excluding carboxylic acids is 11. The Morgan fingerprint density at radius 1 is 0.706 bits per heavy atom. The summed E-state index contributed by atoms with van der Waals surface area (Å²) in [5, 5.41) is 34.0. The summed E-state index contributed by atoms with van der Waals surface area (Å²) in [5.74, 6) is -10.8. The maximum atomic E-state index is 14.3. The summed E-state index contributed by atoms with van der Waals surface area (Å²) in [5.41, 5.74) is 17.9. The van der Waals surface area contributed by atoms with Gasteiger partial charge in [0.25, 0.3) is 0 Å². The smallest absolute Gasteiger partial charge is 0.245 e. The monoisotopic (exact) mass is 1190 g/mol. The number of nitrogens with two attached hydrogens (primary N) is 3. The molecule has 2 rings (SSSR count). The number of amides is 5. The molecular weight excluding hydrogens is 1090 g/mol. The van der Waals surface area contributed by atoms with Gasteiger partial charge in [0.15, 0.2) is 11.7 Å². The molecule has 9 atom stereocenters. The number of aliphatic imine (C=N–C) groups is 1. The van der Waals surface area contributed by atoms with Crippen molar-refractivity contribution in [2.75, 3.05) is 19.6 Å². The van der Waals surface area contributed by atoms with Crippen LogP contribution in [-0.4, -0.2) is 136 Å². The van der Waals surface area contributed by atoms with Crippen LogP contribution in [0, 0.1) is 17.8 Å². The zero-order valence-electron chi connectivity index (χ0n) is 51.3. The van der Waals surface area contributed by atoms with Gasteiger partial charge >= 0.3 is 0 Å². The third-order valence-electron chi connectivity index (χ3n) is 15.7. The lowest BCUT2D eigenvalue weighted by molar-refractivity contribution is -0.136. The Morgan fingerprint density at radius 3 is 1.87 bits per heavy atom. The number of ketones is 6. The molecular formula is C63H103N9O13. The summed E-state index contributed by atoms with van der Waals surface area (Å²) in [6.07, 6.45) is 13.7. The number of carbonyl (C=O) groups is 11. The normalized spacial score (nSPS) is 20.2. The first-order valence-corrected chi connectivity index (χ1v) is 31.3. The number of aliphatic hydroxyl groups excluding tert-OH is 2. The predicted molar refractivity (Wildman–Crippen MR) is 325 cm³/mol. The van der Waals surface area contributed by atoms with Crippen molar-refractivity contribution >= 4 is 70.2 Å². The highest BCUT2D eigenvalue weighted by Crippen LogP contribution is 2.25. The topological polar surface area (TPSA) is 379 Å². The maximum absolute atomic E-state index is 14.3. The third kappa shape index (κ3) is 33.3. The maximum Gasteiger partial charge on any atom is 0.245 e. The Labute approximate surface area is 503 Å². The number of guanidine groups is 1. The van der Waals surface area contributed by atoms with Gasteiger partial charge in [0.2, 0.25) is 29.5 Å². The lowest BCUT2D eigenvalue weighted by Gasteiger charge is -2.26. The molecule has 478 valence electrons. The predicted octanol–water partition coefficient (Wildman–Crippen LogP) is 4.52. The van der Waals surface area contributed by atoms with Crippen molar-refractivity contribution in [1.82, 2.24) is 26.6 Å². The number of rotatable bonds is 37. The van der Waals surface area contributed by atoms with Gasteiger partial charge in [-0.25, -0.2) is 0 Å². The number of nitrogens with zero attached hydrogens (tertiary/aromatic N) is 1. The van der Waals surface area contributed by atoms with Crippen LogP contribution in [0.4, 0.5) is 0 Å². The van der Waals surface area contributed by atoms with Gasteiger partial charge in [-0.05, 0) is 64.9 Å². The number of Topliss-reactive ketones (excluding diaryl/α,β-unsaturated/α-hetero) is 6. The van der Waals surface area contributed by atoms with Crippen LogP contribution in [0.3, 0.4) is 0 Å². The Morgan fingerprint density at radius 2 is 1.29 bits per heavy atom. The van der Waals surface area contributed by atoms with Crippen LogP contribution >= 0.6 is 0 Å². The molecule has 0 aromatic heterocycles. The van der Waals surface area contributed by atoms with E-state index in [2.05, 4.69) is 38.5 Å². The van der Waals surface area contributed by atoms with Crippen molar-refractivity contribution in [3.05, 3.63) is 35.9 Å². The molecule has 13 N–H and O–H groups in total. The van der Waals surface area contributed by atoms with Gasteiger partial charge < -0.3 is 54.0 Å². The Kier molecular flexibility index (Phi) is 38.2. The molecule has 5 amide bonds. The molecule has 22 nitrogen and oxygen atoms in total. The quantitative estimate of drug-likeness (QED) is 0.0249. The van der Waals surface area contributed by atoms with E-state index in [4.69, 9.17) is 17.2 Å². The van der Waals surface area contributed by atoms with E-state index in [1.807, 2.05) is 0 Å². The molecule has 1 aromatic rings. The molecule has 1 aliphatic heterocycles. The third-order valence-corrected chi connectivity index (χ3v) is 15.7. The van der Waals surface area contributed by atoms with Gasteiger partial charge in [-0.2, -0.15) is 0 Å². The molecule has 1 saturated heterocycles. The van der Waals surface area contributed by atoms with E-state index in [1.54, 1.807) is 30.3 Å². The second kappa shape index (κ2) is 43.4. The number of nitrogens with one attached hydrogen (secondary N) is 5.